The summed E-state index contributed by atoms with van der Waals surface area (Å²) in [6.07, 6.45) is 1.05. The Hall–Kier alpha value is -1.57. The molecule has 0 spiro atoms. The highest BCUT2D eigenvalue weighted by Gasteiger charge is 2.32. The lowest BCUT2D eigenvalue weighted by Crippen LogP contribution is -2.43. The Balaban J connectivity index is 5.08. The number of nitrogens with zero attached hydrogens (tertiary/aromatic N) is 1. The number of carboxylic acids is 1. The quantitative estimate of drug-likeness (QED) is 0.360. The minimum absolute atomic E-state index is 0.459. The third-order valence-corrected chi connectivity index (χ3v) is 2.35. The second-order valence-corrected chi connectivity index (χ2v) is 5.55. The number of thiol groups is 1. The van der Waals surface area contributed by atoms with Gasteiger partial charge in [0.1, 0.15) is 0 Å². The normalized spacial score (nSPS) is 14.8. The fraction of sp³-hybridized carbons (Fsp3) is 0.636. The number of aliphatic carboxylic acids is 1. The Bertz CT molecular complexity index is 389. The number of esters is 1. The van der Waals surface area contributed by atoms with E-state index in [-0.39, 0.29) is 0 Å². The first-order valence-corrected chi connectivity index (χ1v) is 5.87. The monoisotopic (exact) mass is 290 g/mol. The summed E-state index contributed by atoms with van der Waals surface area (Å²) in [6, 6.07) is -2.28. The Labute approximate surface area is 116 Å². The lowest BCUT2D eigenvalue weighted by Gasteiger charge is -2.22. The summed E-state index contributed by atoms with van der Waals surface area (Å²) in [5, 5.41) is 11.3. The average molecular weight is 290 g/mol. The van der Waals surface area contributed by atoms with Gasteiger partial charge in [0.05, 0.1) is 7.11 Å². The third kappa shape index (κ3) is 6.23. The molecule has 0 aromatic carbocycles. The van der Waals surface area contributed by atoms with Crippen LogP contribution in [0.5, 0.6) is 0 Å². The van der Waals surface area contributed by atoms with Crippen LogP contribution in [-0.2, 0) is 19.1 Å². The van der Waals surface area contributed by atoms with E-state index in [1.807, 2.05) is 0 Å². The summed E-state index contributed by atoms with van der Waals surface area (Å²) >= 11 is 4.14. The molecule has 0 saturated carbocycles. The first kappa shape index (κ1) is 17.4. The van der Waals surface area contributed by atoms with Crippen molar-refractivity contribution < 1.29 is 24.2 Å². The number of amides is 1. The molecule has 0 saturated heterocycles. The number of carbonyl (C=O) groups is 3. The number of nitrogens with one attached hydrogen (secondary N) is 1. The highest BCUT2D eigenvalue weighted by atomic mass is 32.1. The molecule has 0 aromatic rings. The number of hydrogen-bond donors (Lipinski definition) is 3. The molecule has 0 aliphatic heterocycles. The molecule has 0 radical (unpaired) electrons. The second kappa shape index (κ2) is 7.13. The van der Waals surface area contributed by atoms with Crippen LogP contribution in [0.4, 0.5) is 0 Å². The molecule has 8 heteroatoms. The standard InChI is InChI=1S/C11H18N2O5S/c1-6(14)13-7(10(17)18-4)5-12-8(9(15)16)11(2,3)19/h5,7-8,19H,1-4H3,(H,13,14)(H,15,16). The van der Waals surface area contributed by atoms with Gasteiger partial charge in [-0.25, -0.2) is 9.59 Å². The molecule has 0 aliphatic carbocycles. The zero-order valence-corrected chi connectivity index (χ0v) is 12.1. The molecular weight excluding hydrogens is 272 g/mol. The number of ether oxygens (including phenoxy) is 1. The fourth-order valence-electron chi connectivity index (χ4n) is 1.22. The highest BCUT2D eigenvalue weighted by Crippen LogP contribution is 2.20. The second-order valence-electron chi connectivity index (χ2n) is 4.39. The van der Waals surface area contributed by atoms with E-state index >= 15 is 0 Å². The van der Waals surface area contributed by atoms with Crippen molar-refractivity contribution in [2.75, 3.05) is 7.11 Å². The van der Waals surface area contributed by atoms with Gasteiger partial charge in [-0.15, -0.1) is 0 Å². The molecule has 0 rings (SSSR count). The van der Waals surface area contributed by atoms with Crippen LogP contribution in [0.25, 0.3) is 0 Å². The summed E-state index contributed by atoms with van der Waals surface area (Å²) in [4.78, 5) is 37.2. The Morgan fingerprint density at radius 1 is 1.42 bits per heavy atom. The number of rotatable bonds is 6. The van der Waals surface area contributed by atoms with Crippen molar-refractivity contribution in [3.8, 4) is 0 Å². The van der Waals surface area contributed by atoms with Crippen molar-refractivity contribution in [1.82, 2.24) is 5.32 Å². The van der Waals surface area contributed by atoms with E-state index in [2.05, 4.69) is 27.7 Å². The Morgan fingerprint density at radius 3 is 2.26 bits per heavy atom. The molecule has 7 nitrogen and oxygen atoms in total. The highest BCUT2D eigenvalue weighted by molar-refractivity contribution is 7.81. The van der Waals surface area contributed by atoms with E-state index < -0.39 is 34.7 Å². The molecule has 108 valence electrons. The van der Waals surface area contributed by atoms with Gasteiger partial charge in [0.2, 0.25) is 5.91 Å². The van der Waals surface area contributed by atoms with Crippen molar-refractivity contribution in [1.29, 1.82) is 0 Å². The maximum atomic E-state index is 11.4. The summed E-state index contributed by atoms with van der Waals surface area (Å²) in [5.41, 5.74) is 0. The molecule has 1 amide bonds. The van der Waals surface area contributed by atoms with Gasteiger partial charge in [-0.2, -0.15) is 12.6 Å². The van der Waals surface area contributed by atoms with Gasteiger partial charge in [0.15, 0.2) is 12.1 Å². The molecule has 0 aliphatic rings. The lowest BCUT2D eigenvalue weighted by molar-refractivity contribution is -0.143. The molecule has 0 heterocycles. The molecule has 2 N–H and O–H groups in total. The average Bonchev–Trinajstić information content (AvgIpc) is 2.23. The Morgan fingerprint density at radius 2 is 1.95 bits per heavy atom. The first-order chi connectivity index (χ1) is 8.59. The summed E-state index contributed by atoms with van der Waals surface area (Å²) in [5.74, 6) is -2.37. The van der Waals surface area contributed by atoms with Crippen LogP contribution in [0.2, 0.25) is 0 Å². The van der Waals surface area contributed by atoms with Gasteiger partial charge < -0.3 is 15.2 Å². The number of carboxylic acid groups (broad SMARTS) is 1. The van der Waals surface area contributed by atoms with Gasteiger partial charge in [0, 0.05) is 17.9 Å². The number of methoxy groups -OCH3 is 1. The van der Waals surface area contributed by atoms with Crippen molar-refractivity contribution in [3.63, 3.8) is 0 Å². The van der Waals surface area contributed by atoms with E-state index in [1.165, 1.54) is 6.92 Å². The first-order valence-electron chi connectivity index (χ1n) is 5.43. The van der Waals surface area contributed by atoms with Crippen molar-refractivity contribution in [3.05, 3.63) is 0 Å². The van der Waals surface area contributed by atoms with Crippen molar-refractivity contribution in [2.24, 2.45) is 4.99 Å². The summed E-state index contributed by atoms with van der Waals surface area (Å²) < 4.78 is 3.56. The molecule has 0 bridgehead atoms. The van der Waals surface area contributed by atoms with Crippen LogP contribution >= 0.6 is 12.6 Å². The largest absolute Gasteiger partial charge is 0.480 e. The van der Waals surface area contributed by atoms with E-state index in [0.717, 1.165) is 13.3 Å². The van der Waals surface area contributed by atoms with Crippen LogP contribution in [0.3, 0.4) is 0 Å². The minimum atomic E-state index is -1.18. The Kier molecular flexibility index (Phi) is 6.54. The number of hydrogen-bond acceptors (Lipinski definition) is 6. The molecule has 2 unspecified atom stereocenters. The van der Waals surface area contributed by atoms with E-state index in [4.69, 9.17) is 5.11 Å². The SMILES string of the molecule is COC(=O)C(C=NC(C(=O)O)C(C)(C)S)NC(C)=O. The zero-order valence-electron chi connectivity index (χ0n) is 11.2. The summed E-state index contributed by atoms with van der Waals surface area (Å²) in [6.45, 7) is 4.39. The van der Waals surface area contributed by atoms with E-state index in [0.29, 0.717) is 0 Å². The molecule has 0 aromatic heterocycles. The van der Waals surface area contributed by atoms with Gasteiger partial charge >= 0.3 is 11.9 Å². The summed E-state index contributed by atoms with van der Waals surface area (Å²) in [7, 11) is 1.15. The van der Waals surface area contributed by atoms with Crippen molar-refractivity contribution in [2.45, 2.75) is 37.6 Å². The predicted octanol–water partition coefficient (Wildman–Crippen LogP) is -0.104. The minimum Gasteiger partial charge on any atom is -0.480 e. The van der Waals surface area contributed by atoms with Crippen LogP contribution in [0.1, 0.15) is 20.8 Å². The smallest absolute Gasteiger partial charge is 0.334 e. The number of carbonyl (C=O) groups excluding carboxylic acids is 2. The predicted molar refractivity (Wildman–Crippen MR) is 72.6 cm³/mol. The molecule has 2 atom stereocenters. The maximum Gasteiger partial charge on any atom is 0.334 e. The third-order valence-electron chi connectivity index (χ3n) is 2.10. The van der Waals surface area contributed by atoms with Gasteiger partial charge in [0.25, 0.3) is 0 Å². The van der Waals surface area contributed by atoms with Crippen LogP contribution in [-0.4, -0.2) is 53.1 Å². The molecular formula is C11H18N2O5S. The zero-order chi connectivity index (χ0) is 15.2. The molecule has 0 fully saturated rings. The maximum absolute atomic E-state index is 11.4. The molecule has 19 heavy (non-hydrogen) atoms. The van der Waals surface area contributed by atoms with Gasteiger partial charge in [-0.05, 0) is 13.8 Å². The van der Waals surface area contributed by atoms with Crippen LogP contribution in [0.15, 0.2) is 4.99 Å². The lowest BCUT2D eigenvalue weighted by atomic mass is 10.0. The van der Waals surface area contributed by atoms with Gasteiger partial charge in [-0.3, -0.25) is 9.79 Å². The van der Waals surface area contributed by atoms with E-state index in [9.17, 15) is 14.4 Å². The topological polar surface area (TPSA) is 105 Å². The van der Waals surface area contributed by atoms with E-state index in [1.54, 1.807) is 13.8 Å². The van der Waals surface area contributed by atoms with Gasteiger partial charge in [-0.1, -0.05) is 0 Å². The van der Waals surface area contributed by atoms with Crippen molar-refractivity contribution >= 4 is 36.7 Å². The number of aliphatic imine (C=N–C) groups is 1. The fourth-order valence-corrected chi connectivity index (χ4v) is 1.40. The van der Waals surface area contributed by atoms with Crippen LogP contribution in [0, 0.1) is 0 Å². The van der Waals surface area contributed by atoms with Crippen LogP contribution < -0.4 is 5.32 Å².